The quantitative estimate of drug-likeness (QED) is 0.855. The van der Waals surface area contributed by atoms with Crippen LogP contribution < -0.4 is 4.90 Å². The Morgan fingerprint density at radius 3 is 2.25 bits per heavy atom. The molecule has 0 amide bonds. The van der Waals surface area contributed by atoms with Gasteiger partial charge in [-0.05, 0) is 26.0 Å². The van der Waals surface area contributed by atoms with Gasteiger partial charge >= 0.3 is 5.97 Å². The molecule has 0 aliphatic heterocycles. The third kappa shape index (κ3) is 3.49. The number of anilines is 1. The Morgan fingerprint density at radius 2 is 1.80 bits per heavy atom. The van der Waals surface area contributed by atoms with Crippen LogP contribution in [-0.2, 0) is 14.8 Å². The average Bonchev–Trinajstić information content (AvgIpc) is 2.35. The molecule has 7 heteroatoms. The molecule has 0 saturated carbocycles. The summed E-state index contributed by atoms with van der Waals surface area (Å²) >= 11 is 0. The average molecular weight is 300 g/mol. The number of rotatable bonds is 6. The van der Waals surface area contributed by atoms with Gasteiger partial charge in [0.05, 0.1) is 5.69 Å². The van der Waals surface area contributed by atoms with Crippen molar-refractivity contribution in [3.63, 3.8) is 0 Å². The summed E-state index contributed by atoms with van der Waals surface area (Å²) in [6, 6.07) is 6.30. The van der Waals surface area contributed by atoms with E-state index in [4.69, 9.17) is 5.11 Å². The van der Waals surface area contributed by atoms with E-state index >= 15 is 0 Å². The third-order valence-electron chi connectivity index (χ3n) is 2.86. The van der Waals surface area contributed by atoms with Crippen molar-refractivity contribution < 1.29 is 18.3 Å². The Hall–Kier alpha value is -1.60. The number of hydrogen-bond donors (Lipinski definition) is 1. The van der Waals surface area contributed by atoms with E-state index in [0.29, 0.717) is 5.69 Å². The van der Waals surface area contributed by atoms with Gasteiger partial charge in [-0.2, -0.15) is 0 Å². The lowest BCUT2D eigenvalue weighted by atomic mass is 10.2. The minimum Gasteiger partial charge on any atom is -0.480 e. The van der Waals surface area contributed by atoms with Gasteiger partial charge in [0.15, 0.2) is 0 Å². The van der Waals surface area contributed by atoms with Crippen molar-refractivity contribution in [2.75, 3.05) is 25.5 Å². The van der Waals surface area contributed by atoms with Gasteiger partial charge in [-0.25, -0.2) is 12.7 Å². The zero-order valence-electron chi connectivity index (χ0n) is 12.1. The van der Waals surface area contributed by atoms with Crippen LogP contribution in [0, 0.1) is 0 Å². The normalized spacial score (nSPS) is 11.9. The first-order valence-electron chi connectivity index (χ1n) is 6.18. The molecule has 0 aliphatic rings. The molecule has 1 N–H and O–H groups in total. The maximum Gasteiger partial charge on any atom is 0.323 e. The second kappa shape index (κ2) is 6.23. The van der Waals surface area contributed by atoms with Crippen LogP contribution in [0.15, 0.2) is 29.2 Å². The molecule has 0 fully saturated rings. The zero-order chi connectivity index (χ0) is 15.5. The monoisotopic (exact) mass is 300 g/mol. The lowest BCUT2D eigenvalue weighted by Crippen LogP contribution is -2.37. The van der Waals surface area contributed by atoms with Crippen molar-refractivity contribution >= 4 is 21.7 Å². The Kier molecular flexibility index (Phi) is 5.13. The molecule has 0 radical (unpaired) electrons. The van der Waals surface area contributed by atoms with Crippen LogP contribution in [0.2, 0.25) is 0 Å². The molecule has 1 aromatic rings. The van der Waals surface area contributed by atoms with Crippen molar-refractivity contribution in [3.8, 4) is 0 Å². The number of carboxylic acids is 1. The first-order valence-corrected chi connectivity index (χ1v) is 7.62. The highest BCUT2D eigenvalue weighted by molar-refractivity contribution is 7.89. The Morgan fingerprint density at radius 1 is 1.25 bits per heavy atom. The van der Waals surface area contributed by atoms with E-state index in [1.165, 1.54) is 20.2 Å². The number of hydrogen-bond acceptors (Lipinski definition) is 4. The summed E-state index contributed by atoms with van der Waals surface area (Å²) in [5.41, 5.74) is 0.401. The van der Waals surface area contributed by atoms with Gasteiger partial charge in [-0.3, -0.25) is 4.79 Å². The van der Waals surface area contributed by atoms with Crippen molar-refractivity contribution in [3.05, 3.63) is 24.3 Å². The molecule has 0 saturated heterocycles. The second-order valence-corrected chi connectivity index (χ2v) is 6.99. The maximum atomic E-state index is 12.3. The highest BCUT2D eigenvalue weighted by Gasteiger charge is 2.25. The lowest BCUT2D eigenvalue weighted by Gasteiger charge is -2.29. The topological polar surface area (TPSA) is 77.9 Å². The lowest BCUT2D eigenvalue weighted by molar-refractivity contribution is -0.135. The molecule has 0 bridgehead atoms. The summed E-state index contributed by atoms with van der Waals surface area (Å²) in [6.45, 7) is 3.39. The summed E-state index contributed by atoms with van der Waals surface area (Å²) in [4.78, 5) is 12.6. The molecule has 6 nitrogen and oxygen atoms in total. The number of para-hydroxylation sites is 1. The van der Waals surface area contributed by atoms with Crippen molar-refractivity contribution in [2.45, 2.75) is 24.8 Å². The number of nitrogens with zero attached hydrogens (tertiary/aromatic N) is 2. The van der Waals surface area contributed by atoms with Crippen LogP contribution >= 0.6 is 0 Å². The molecule has 0 atom stereocenters. The largest absolute Gasteiger partial charge is 0.480 e. The van der Waals surface area contributed by atoms with E-state index in [1.54, 1.807) is 23.1 Å². The molecule has 0 spiro atoms. The van der Waals surface area contributed by atoms with E-state index in [-0.39, 0.29) is 17.5 Å². The van der Waals surface area contributed by atoms with Crippen LogP contribution in [0.1, 0.15) is 13.8 Å². The fourth-order valence-electron chi connectivity index (χ4n) is 1.80. The van der Waals surface area contributed by atoms with E-state index < -0.39 is 16.0 Å². The first-order chi connectivity index (χ1) is 9.17. The zero-order valence-corrected chi connectivity index (χ0v) is 12.9. The molecule has 20 heavy (non-hydrogen) atoms. The Labute approximate surface area is 119 Å². The van der Waals surface area contributed by atoms with E-state index in [9.17, 15) is 13.2 Å². The van der Waals surface area contributed by atoms with Crippen LogP contribution in [0.25, 0.3) is 0 Å². The summed E-state index contributed by atoms with van der Waals surface area (Å²) < 4.78 is 25.8. The number of aliphatic carboxylic acids is 1. The molecule has 1 aromatic carbocycles. The SMILES string of the molecule is CC(C)N(CC(=O)O)c1ccccc1S(=O)(=O)N(C)C. The fraction of sp³-hybridized carbons (Fsp3) is 0.462. The smallest absolute Gasteiger partial charge is 0.323 e. The van der Waals surface area contributed by atoms with E-state index in [0.717, 1.165) is 4.31 Å². The van der Waals surface area contributed by atoms with Crippen LogP contribution in [0.4, 0.5) is 5.69 Å². The highest BCUT2D eigenvalue weighted by Crippen LogP contribution is 2.28. The Bertz CT molecular complexity index is 582. The minimum atomic E-state index is -3.62. The van der Waals surface area contributed by atoms with Crippen molar-refractivity contribution in [1.82, 2.24) is 4.31 Å². The molecule has 0 unspecified atom stereocenters. The van der Waals surface area contributed by atoms with Gasteiger partial charge in [-0.1, -0.05) is 12.1 Å². The summed E-state index contributed by atoms with van der Waals surface area (Å²) in [5.74, 6) is -1.00. The molecule has 0 aliphatic carbocycles. The summed E-state index contributed by atoms with van der Waals surface area (Å²) in [5, 5.41) is 9.00. The third-order valence-corrected chi connectivity index (χ3v) is 4.72. The second-order valence-electron chi connectivity index (χ2n) is 4.87. The predicted molar refractivity (Wildman–Crippen MR) is 77.4 cm³/mol. The van der Waals surface area contributed by atoms with Gasteiger partial charge in [0, 0.05) is 20.1 Å². The van der Waals surface area contributed by atoms with Gasteiger partial charge in [0.1, 0.15) is 11.4 Å². The van der Waals surface area contributed by atoms with Crippen LogP contribution in [0.5, 0.6) is 0 Å². The van der Waals surface area contributed by atoms with Crippen molar-refractivity contribution in [2.24, 2.45) is 0 Å². The van der Waals surface area contributed by atoms with Gasteiger partial charge in [0.2, 0.25) is 10.0 Å². The molecule has 0 aromatic heterocycles. The van der Waals surface area contributed by atoms with E-state index in [1.807, 2.05) is 13.8 Å². The molecule has 1 rings (SSSR count). The Balaban J connectivity index is 3.41. The number of carbonyl (C=O) groups is 1. The standard InChI is InChI=1S/C13H20N2O4S/c1-10(2)15(9-13(16)17)11-7-5-6-8-12(11)20(18,19)14(3)4/h5-8,10H,9H2,1-4H3,(H,16,17). The fourth-order valence-corrected chi connectivity index (χ4v) is 2.89. The van der Waals surface area contributed by atoms with Crippen LogP contribution in [-0.4, -0.2) is 50.5 Å². The van der Waals surface area contributed by atoms with E-state index in [2.05, 4.69) is 0 Å². The van der Waals surface area contributed by atoms with Crippen LogP contribution in [0.3, 0.4) is 0 Å². The molecule has 0 heterocycles. The predicted octanol–water partition coefficient (Wildman–Crippen LogP) is 1.24. The maximum absolute atomic E-state index is 12.3. The molecular formula is C13H20N2O4S. The number of carboxylic acid groups (broad SMARTS) is 1. The summed E-state index contributed by atoms with van der Waals surface area (Å²) in [7, 11) is -0.728. The minimum absolute atomic E-state index is 0.111. The molecule has 112 valence electrons. The highest BCUT2D eigenvalue weighted by atomic mass is 32.2. The summed E-state index contributed by atoms with van der Waals surface area (Å²) in [6.07, 6.45) is 0. The molecular weight excluding hydrogens is 280 g/mol. The van der Waals surface area contributed by atoms with Gasteiger partial charge in [0.25, 0.3) is 0 Å². The number of sulfonamides is 1. The van der Waals surface area contributed by atoms with Gasteiger partial charge < -0.3 is 10.0 Å². The number of benzene rings is 1. The first kappa shape index (κ1) is 16.5. The van der Waals surface area contributed by atoms with Gasteiger partial charge in [-0.15, -0.1) is 0 Å². The van der Waals surface area contributed by atoms with Crippen molar-refractivity contribution in [1.29, 1.82) is 0 Å².